The van der Waals surface area contributed by atoms with E-state index in [-0.39, 0.29) is 0 Å². The average Bonchev–Trinajstić information content (AvgIpc) is 2.72. The van der Waals surface area contributed by atoms with E-state index in [4.69, 9.17) is 5.73 Å². The van der Waals surface area contributed by atoms with Gasteiger partial charge in [0.1, 0.15) is 0 Å². The summed E-state index contributed by atoms with van der Waals surface area (Å²) >= 11 is 0. The van der Waals surface area contributed by atoms with Gasteiger partial charge in [0.25, 0.3) is 0 Å². The SMILES string of the molecule is Cc1cc(C)c(Nc2cc(-c3ccccc3)c(-c3ccccc3)cc2N)c(C)c1. The topological polar surface area (TPSA) is 38.0 Å². The summed E-state index contributed by atoms with van der Waals surface area (Å²) in [4.78, 5) is 0. The van der Waals surface area contributed by atoms with Gasteiger partial charge in [0.05, 0.1) is 11.4 Å². The first kappa shape index (κ1) is 18.8. The molecule has 4 aromatic rings. The van der Waals surface area contributed by atoms with Crippen LogP contribution in [0.5, 0.6) is 0 Å². The zero-order valence-electron chi connectivity index (χ0n) is 17.2. The maximum absolute atomic E-state index is 6.52. The van der Waals surface area contributed by atoms with Gasteiger partial charge in [0.2, 0.25) is 0 Å². The van der Waals surface area contributed by atoms with Crippen LogP contribution in [-0.4, -0.2) is 0 Å². The van der Waals surface area contributed by atoms with Crippen molar-refractivity contribution in [2.24, 2.45) is 0 Å². The van der Waals surface area contributed by atoms with Crippen LogP contribution >= 0.6 is 0 Å². The zero-order valence-corrected chi connectivity index (χ0v) is 17.2. The Bertz CT molecular complexity index is 1120. The minimum atomic E-state index is 0.739. The highest BCUT2D eigenvalue weighted by molar-refractivity contribution is 5.91. The van der Waals surface area contributed by atoms with E-state index in [1.807, 2.05) is 12.1 Å². The third kappa shape index (κ3) is 3.88. The quantitative estimate of drug-likeness (QED) is 0.366. The predicted octanol–water partition coefficient (Wildman–Crippen LogP) is 7.27. The third-order valence-electron chi connectivity index (χ3n) is 5.30. The van der Waals surface area contributed by atoms with Gasteiger partial charge in [-0.25, -0.2) is 0 Å². The second-order valence-corrected chi connectivity index (χ2v) is 7.62. The number of nitrogens with two attached hydrogens (primary N) is 1. The van der Waals surface area contributed by atoms with Gasteiger partial charge >= 0.3 is 0 Å². The maximum Gasteiger partial charge on any atom is 0.0624 e. The van der Waals surface area contributed by atoms with Crippen molar-refractivity contribution in [3.63, 3.8) is 0 Å². The fourth-order valence-corrected chi connectivity index (χ4v) is 3.95. The maximum atomic E-state index is 6.52. The van der Waals surface area contributed by atoms with Gasteiger partial charge in [-0.1, -0.05) is 78.4 Å². The molecular weight excluding hydrogens is 352 g/mol. The molecule has 0 atom stereocenters. The average molecular weight is 379 g/mol. The van der Waals surface area contributed by atoms with Gasteiger partial charge < -0.3 is 11.1 Å². The molecule has 0 saturated carbocycles. The molecule has 3 N–H and O–H groups in total. The first-order valence-electron chi connectivity index (χ1n) is 9.92. The van der Waals surface area contributed by atoms with Crippen LogP contribution in [0.3, 0.4) is 0 Å². The van der Waals surface area contributed by atoms with Crippen LogP contribution < -0.4 is 11.1 Å². The summed E-state index contributed by atoms with van der Waals surface area (Å²) in [6.45, 7) is 6.39. The first-order chi connectivity index (χ1) is 14.0. The largest absolute Gasteiger partial charge is 0.397 e. The van der Waals surface area contributed by atoms with Crippen molar-refractivity contribution in [3.05, 3.63) is 102 Å². The van der Waals surface area contributed by atoms with Crippen LogP contribution in [0.1, 0.15) is 16.7 Å². The van der Waals surface area contributed by atoms with Crippen LogP contribution in [0.4, 0.5) is 17.1 Å². The lowest BCUT2D eigenvalue weighted by Gasteiger charge is -2.19. The molecule has 0 heterocycles. The van der Waals surface area contributed by atoms with Crippen molar-refractivity contribution in [1.82, 2.24) is 0 Å². The highest BCUT2D eigenvalue weighted by Gasteiger charge is 2.13. The highest BCUT2D eigenvalue weighted by atomic mass is 14.9. The predicted molar refractivity (Wildman–Crippen MR) is 126 cm³/mol. The van der Waals surface area contributed by atoms with Crippen LogP contribution in [0.2, 0.25) is 0 Å². The molecule has 4 aromatic carbocycles. The molecule has 0 aliphatic heterocycles. The lowest BCUT2D eigenvalue weighted by molar-refractivity contribution is 1.31. The van der Waals surface area contributed by atoms with Gasteiger partial charge in [0.15, 0.2) is 0 Å². The lowest BCUT2D eigenvalue weighted by atomic mass is 9.93. The summed E-state index contributed by atoms with van der Waals surface area (Å²) in [6.07, 6.45) is 0. The van der Waals surface area contributed by atoms with Crippen molar-refractivity contribution in [2.45, 2.75) is 20.8 Å². The van der Waals surface area contributed by atoms with E-state index < -0.39 is 0 Å². The highest BCUT2D eigenvalue weighted by Crippen LogP contribution is 2.39. The molecule has 0 bridgehead atoms. The second-order valence-electron chi connectivity index (χ2n) is 7.62. The van der Waals surface area contributed by atoms with E-state index in [9.17, 15) is 0 Å². The van der Waals surface area contributed by atoms with Crippen LogP contribution in [0, 0.1) is 20.8 Å². The number of hydrogen-bond donors (Lipinski definition) is 2. The molecule has 144 valence electrons. The van der Waals surface area contributed by atoms with E-state index in [2.05, 4.69) is 98.9 Å². The summed E-state index contributed by atoms with van der Waals surface area (Å²) < 4.78 is 0. The molecule has 0 aliphatic rings. The van der Waals surface area contributed by atoms with Gasteiger partial charge in [-0.2, -0.15) is 0 Å². The van der Waals surface area contributed by atoms with Crippen molar-refractivity contribution in [1.29, 1.82) is 0 Å². The van der Waals surface area contributed by atoms with E-state index >= 15 is 0 Å². The summed E-state index contributed by atoms with van der Waals surface area (Å²) in [5, 5.41) is 3.60. The summed E-state index contributed by atoms with van der Waals surface area (Å²) in [5.74, 6) is 0. The number of rotatable bonds is 4. The van der Waals surface area contributed by atoms with Crippen molar-refractivity contribution in [3.8, 4) is 22.3 Å². The first-order valence-corrected chi connectivity index (χ1v) is 9.92. The summed E-state index contributed by atoms with van der Waals surface area (Å²) in [6, 6.07) is 29.5. The Labute approximate surface area is 173 Å². The van der Waals surface area contributed by atoms with Gasteiger partial charge in [-0.3, -0.25) is 0 Å². The molecular formula is C27H26N2. The Morgan fingerprint density at radius 2 is 1.10 bits per heavy atom. The molecule has 0 aromatic heterocycles. The molecule has 0 amide bonds. The van der Waals surface area contributed by atoms with Crippen molar-refractivity contribution in [2.75, 3.05) is 11.1 Å². The van der Waals surface area contributed by atoms with E-state index in [1.54, 1.807) is 0 Å². The minimum Gasteiger partial charge on any atom is -0.397 e. The molecule has 29 heavy (non-hydrogen) atoms. The number of nitrogen functional groups attached to an aromatic ring is 1. The Morgan fingerprint density at radius 3 is 1.62 bits per heavy atom. The van der Waals surface area contributed by atoms with Crippen molar-refractivity contribution >= 4 is 17.1 Å². The van der Waals surface area contributed by atoms with Crippen LogP contribution in [0.25, 0.3) is 22.3 Å². The van der Waals surface area contributed by atoms with Crippen LogP contribution in [0.15, 0.2) is 84.9 Å². The molecule has 0 spiro atoms. The van der Waals surface area contributed by atoms with E-state index in [1.165, 1.54) is 22.3 Å². The fraction of sp³-hybridized carbons (Fsp3) is 0.111. The van der Waals surface area contributed by atoms with Gasteiger partial charge in [0, 0.05) is 5.69 Å². The molecule has 0 unspecified atom stereocenters. The fourth-order valence-electron chi connectivity index (χ4n) is 3.95. The Morgan fingerprint density at radius 1 is 0.621 bits per heavy atom. The van der Waals surface area contributed by atoms with Gasteiger partial charge in [-0.15, -0.1) is 0 Å². The van der Waals surface area contributed by atoms with Crippen LogP contribution in [-0.2, 0) is 0 Å². The number of nitrogens with one attached hydrogen (secondary N) is 1. The summed E-state index contributed by atoms with van der Waals surface area (Å²) in [5.41, 5.74) is 17.6. The molecule has 0 fully saturated rings. The summed E-state index contributed by atoms with van der Waals surface area (Å²) in [7, 11) is 0. The standard InChI is InChI=1S/C27H26N2/c1-18-14-19(2)27(20(3)15-18)29-26-17-24(22-12-8-5-9-13-22)23(16-25(26)28)21-10-6-4-7-11-21/h4-17,29H,28H2,1-3H3. The molecule has 0 radical (unpaired) electrons. The zero-order chi connectivity index (χ0) is 20.4. The molecule has 0 saturated heterocycles. The molecule has 2 heteroatoms. The van der Waals surface area contributed by atoms with E-state index in [0.29, 0.717) is 0 Å². The van der Waals surface area contributed by atoms with Crippen molar-refractivity contribution < 1.29 is 0 Å². The van der Waals surface area contributed by atoms with E-state index in [0.717, 1.165) is 33.8 Å². The molecule has 2 nitrogen and oxygen atoms in total. The monoisotopic (exact) mass is 378 g/mol. The smallest absolute Gasteiger partial charge is 0.0624 e. The minimum absolute atomic E-state index is 0.739. The Balaban J connectivity index is 1.87. The molecule has 4 rings (SSSR count). The van der Waals surface area contributed by atoms with Gasteiger partial charge in [-0.05, 0) is 66.3 Å². The normalized spacial score (nSPS) is 10.7. The Kier molecular flexibility index (Phi) is 5.09. The lowest BCUT2D eigenvalue weighted by Crippen LogP contribution is -2.02. The molecule has 0 aliphatic carbocycles. The number of hydrogen-bond acceptors (Lipinski definition) is 2. The number of benzene rings is 4. The Hall–Kier alpha value is -3.52. The third-order valence-corrected chi connectivity index (χ3v) is 5.30. The second kappa shape index (κ2) is 7.84. The number of aryl methyl sites for hydroxylation is 3. The number of anilines is 3.